The molecule has 2 heterocycles. The molecular weight excluding hydrogens is 451 g/mol. The first-order chi connectivity index (χ1) is 13.8. The van der Waals surface area contributed by atoms with Crippen molar-refractivity contribution in [2.24, 2.45) is 14.8 Å². The second kappa shape index (κ2) is 13.2. The maximum absolute atomic E-state index is 11.9. The molecule has 2 N–H and O–H groups in total. The molecule has 0 aliphatic rings. The monoisotopic (exact) mass is 483 g/mol. The minimum Gasteiger partial charge on any atom is -0.261 e. The average molecular weight is 483 g/mol. The molecule has 0 fully saturated rings. The van der Waals surface area contributed by atoms with Gasteiger partial charge in [0.25, 0.3) is 0 Å². The summed E-state index contributed by atoms with van der Waals surface area (Å²) in [4.78, 5) is 18.4. The minimum atomic E-state index is -2.89. The van der Waals surface area contributed by atoms with Crippen molar-refractivity contribution in [2.75, 3.05) is 12.5 Å². The number of aromatic nitrogens is 2. The van der Waals surface area contributed by atoms with Gasteiger partial charge in [0.15, 0.2) is 5.03 Å². The fourth-order valence-electron chi connectivity index (χ4n) is 2.24. The molecule has 2 rings (SSSR count). The summed E-state index contributed by atoms with van der Waals surface area (Å²) in [5.74, 6) is 5.10. The number of hydrogen-bond donors (Lipinski definition) is 1. The van der Waals surface area contributed by atoms with Crippen LogP contribution in [0.5, 0.6) is 0 Å². The van der Waals surface area contributed by atoms with E-state index < -0.39 is 29.7 Å². The van der Waals surface area contributed by atoms with Crippen molar-refractivity contribution in [1.29, 1.82) is 0 Å². The Balaban J connectivity index is 0. The zero-order valence-electron chi connectivity index (χ0n) is 18.5. The first kappa shape index (κ1) is 31.8. The summed E-state index contributed by atoms with van der Waals surface area (Å²) >= 11 is 0. The molecule has 0 saturated heterocycles. The van der Waals surface area contributed by atoms with E-state index >= 15 is 0 Å². The maximum atomic E-state index is 11.9. The molecule has 177 valence electrons. The van der Waals surface area contributed by atoms with Gasteiger partial charge in [-0.1, -0.05) is 19.6 Å². The van der Waals surface area contributed by atoms with Crippen molar-refractivity contribution in [3.63, 3.8) is 0 Å². The Bertz CT molecular complexity index is 1110. The van der Waals surface area contributed by atoms with Gasteiger partial charge in [0.1, 0.15) is 14.2 Å². The SMILES string of the molecule is C.Cc1ccc(C(C)S(C)(=O)=NN)cn1.Cc1ccc(C(C)S(C)(=O)=N[N+](=O)[O-])cn1.[B]. The Morgan fingerprint density at radius 3 is 1.59 bits per heavy atom. The highest BCUT2D eigenvalue weighted by Gasteiger charge is 2.20. The van der Waals surface area contributed by atoms with Crippen molar-refractivity contribution in [1.82, 2.24) is 9.97 Å². The van der Waals surface area contributed by atoms with Crippen LogP contribution < -0.4 is 5.84 Å². The highest BCUT2D eigenvalue weighted by Crippen LogP contribution is 2.22. The molecule has 0 aliphatic carbocycles. The van der Waals surface area contributed by atoms with Gasteiger partial charge in [0, 0.05) is 44.7 Å². The van der Waals surface area contributed by atoms with Crippen LogP contribution in [0.2, 0.25) is 0 Å². The lowest BCUT2D eigenvalue weighted by atomic mass is 10.2. The van der Waals surface area contributed by atoms with Crippen LogP contribution in [0.25, 0.3) is 0 Å². The summed E-state index contributed by atoms with van der Waals surface area (Å²) in [7, 11) is -5.24. The standard InChI is InChI=1S/C9H13N3O3S.C9H15N3OS.CH4.B/c1-7-4-5-9(6-10-7)8(2)16(3,15)11-12(13)14;1-7-4-5-9(6-11-7)8(2)14(3,13)12-10;;/h4-6,8H,1-3H3;4-6,8H,10H2,1-3H3;1H4;. The van der Waals surface area contributed by atoms with E-state index in [1.807, 2.05) is 32.9 Å². The van der Waals surface area contributed by atoms with Crippen LogP contribution in [0.3, 0.4) is 0 Å². The van der Waals surface area contributed by atoms with E-state index in [2.05, 4.69) is 18.9 Å². The Morgan fingerprint density at radius 1 is 0.938 bits per heavy atom. The molecule has 4 atom stereocenters. The number of nitrogens with two attached hydrogens (primary N) is 1. The zero-order valence-corrected chi connectivity index (χ0v) is 20.1. The van der Waals surface area contributed by atoms with Gasteiger partial charge in [-0.3, -0.25) is 9.97 Å². The Morgan fingerprint density at radius 2 is 1.31 bits per heavy atom. The summed E-state index contributed by atoms with van der Waals surface area (Å²) in [6, 6.07) is 7.32. The molecule has 0 saturated carbocycles. The van der Waals surface area contributed by atoms with Gasteiger partial charge in [0.05, 0.1) is 20.2 Å². The van der Waals surface area contributed by atoms with E-state index in [9.17, 15) is 18.5 Å². The largest absolute Gasteiger partial charge is 0.261 e. The van der Waals surface area contributed by atoms with Crippen LogP contribution in [0.1, 0.15) is 54.3 Å². The summed E-state index contributed by atoms with van der Waals surface area (Å²) in [5, 5.41) is 8.63. The Labute approximate surface area is 193 Å². The summed E-state index contributed by atoms with van der Waals surface area (Å²) in [6.45, 7) is 7.22. The number of aryl methyl sites for hydroxylation is 2. The predicted molar refractivity (Wildman–Crippen MR) is 131 cm³/mol. The van der Waals surface area contributed by atoms with Gasteiger partial charge >= 0.3 is 0 Å². The lowest BCUT2D eigenvalue weighted by Gasteiger charge is -2.12. The van der Waals surface area contributed by atoms with Crippen molar-refractivity contribution >= 4 is 27.9 Å². The molecule has 3 radical (unpaired) electrons. The minimum absolute atomic E-state index is 0. The lowest BCUT2D eigenvalue weighted by molar-refractivity contribution is -0.482. The zero-order chi connectivity index (χ0) is 23.1. The molecule has 0 aromatic carbocycles. The average Bonchev–Trinajstić information content (AvgIpc) is 2.67. The van der Waals surface area contributed by atoms with Crippen molar-refractivity contribution < 1.29 is 13.5 Å². The third kappa shape index (κ3) is 9.41. The quantitative estimate of drug-likeness (QED) is 0.296. The first-order valence-electron chi connectivity index (χ1n) is 8.90. The van der Waals surface area contributed by atoms with E-state index in [4.69, 9.17) is 5.84 Å². The molecule has 13 heteroatoms. The topological polar surface area (TPSA) is 154 Å². The molecule has 2 aromatic heterocycles. The third-order valence-corrected chi connectivity index (χ3v) is 8.60. The highest BCUT2D eigenvalue weighted by atomic mass is 32.2. The molecule has 4 unspecified atom stereocenters. The first-order valence-corrected chi connectivity index (χ1v) is 12.9. The third-order valence-electron chi connectivity index (χ3n) is 4.56. The molecule has 10 nitrogen and oxygen atoms in total. The van der Waals surface area contributed by atoms with Gasteiger partial charge in [0.2, 0.25) is 0 Å². The fraction of sp³-hybridized carbons (Fsp3) is 0.474. The van der Waals surface area contributed by atoms with Gasteiger partial charge in [-0.25, -0.2) is 24.4 Å². The molecular formula is C19H32BN6O4S2. The van der Waals surface area contributed by atoms with Gasteiger partial charge in [-0.15, -0.1) is 0 Å². The molecule has 0 bridgehead atoms. The van der Waals surface area contributed by atoms with Crippen LogP contribution in [-0.2, 0) is 19.5 Å². The van der Waals surface area contributed by atoms with Gasteiger partial charge < -0.3 is 0 Å². The smallest absolute Gasteiger partial charge is 0.199 e. The van der Waals surface area contributed by atoms with Crippen molar-refractivity contribution in [3.8, 4) is 0 Å². The second-order valence-electron chi connectivity index (χ2n) is 6.90. The molecule has 2 aromatic rings. The maximum Gasteiger partial charge on any atom is 0.199 e. The molecule has 32 heavy (non-hydrogen) atoms. The van der Waals surface area contributed by atoms with Crippen LogP contribution in [0.4, 0.5) is 0 Å². The number of pyridine rings is 2. The summed E-state index contributed by atoms with van der Waals surface area (Å²) in [5.41, 5.74) is 3.36. The second-order valence-corrected chi connectivity index (χ2v) is 12.1. The fourth-order valence-corrected chi connectivity index (χ4v) is 4.12. The summed E-state index contributed by atoms with van der Waals surface area (Å²) < 4.78 is 30.2. The predicted octanol–water partition coefficient (Wildman–Crippen LogP) is 3.42. The number of rotatable bonds is 5. The van der Waals surface area contributed by atoms with Crippen LogP contribution in [-0.4, -0.2) is 44.3 Å². The van der Waals surface area contributed by atoms with Crippen LogP contribution >= 0.6 is 0 Å². The molecule has 0 amide bonds. The highest BCUT2D eigenvalue weighted by molar-refractivity contribution is 7.93. The van der Waals surface area contributed by atoms with Gasteiger partial charge in [-0.2, -0.15) is 4.47 Å². The van der Waals surface area contributed by atoms with Crippen LogP contribution in [0, 0.1) is 24.0 Å². The lowest BCUT2D eigenvalue weighted by Crippen LogP contribution is -2.10. The Hall–Kier alpha value is -2.38. The van der Waals surface area contributed by atoms with E-state index in [1.54, 1.807) is 37.7 Å². The van der Waals surface area contributed by atoms with Crippen molar-refractivity contribution in [3.05, 3.63) is 69.3 Å². The number of nitro groups is 1. The van der Waals surface area contributed by atoms with Crippen molar-refractivity contribution in [2.45, 2.75) is 45.6 Å². The summed E-state index contributed by atoms with van der Waals surface area (Å²) in [6.07, 6.45) is 6.12. The normalized spacial score (nSPS) is 15.6. The molecule has 0 spiro atoms. The van der Waals surface area contributed by atoms with Crippen LogP contribution in [0.15, 0.2) is 45.6 Å². The number of hydrogen-bond acceptors (Lipinski definition) is 7. The van der Waals surface area contributed by atoms with E-state index in [0.29, 0.717) is 5.56 Å². The van der Waals surface area contributed by atoms with E-state index in [-0.39, 0.29) is 21.1 Å². The Kier molecular flexibility index (Phi) is 13.2. The molecule has 0 aliphatic heterocycles. The van der Waals surface area contributed by atoms with E-state index in [0.717, 1.165) is 17.0 Å². The van der Waals surface area contributed by atoms with E-state index in [1.165, 1.54) is 6.26 Å². The van der Waals surface area contributed by atoms with Gasteiger partial charge in [-0.05, 0) is 51.0 Å². The number of nitrogens with zero attached hydrogens (tertiary/aromatic N) is 5.